The van der Waals surface area contributed by atoms with Gasteiger partial charge in [0.05, 0.1) is 7.11 Å². The van der Waals surface area contributed by atoms with Crippen LogP contribution in [-0.4, -0.2) is 22.3 Å². The Morgan fingerprint density at radius 1 is 1.28 bits per heavy atom. The van der Waals surface area contributed by atoms with Crippen LogP contribution >= 0.6 is 0 Å². The van der Waals surface area contributed by atoms with E-state index in [9.17, 15) is 9.59 Å². The zero-order valence-corrected chi connectivity index (χ0v) is 9.69. The third kappa shape index (κ3) is 2.76. The summed E-state index contributed by atoms with van der Waals surface area (Å²) in [5.74, 6) is 0.837. The zero-order chi connectivity index (χ0) is 13.0. The summed E-state index contributed by atoms with van der Waals surface area (Å²) in [5.41, 5.74) is -0.217. The van der Waals surface area contributed by atoms with Gasteiger partial charge in [-0.2, -0.15) is 0 Å². The molecule has 0 unspecified atom stereocenters. The lowest BCUT2D eigenvalue weighted by atomic mass is 10.2. The van der Waals surface area contributed by atoms with Crippen LogP contribution in [0.15, 0.2) is 33.9 Å². The Hall–Kier alpha value is -2.57. The first-order valence-corrected chi connectivity index (χ1v) is 5.25. The molecule has 1 aromatic heterocycles. The molecule has 3 N–H and O–H groups in total. The van der Waals surface area contributed by atoms with Gasteiger partial charge in [0.1, 0.15) is 5.75 Å². The minimum atomic E-state index is -0.630. The van der Waals surface area contributed by atoms with Crippen LogP contribution in [-0.2, 0) is 6.54 Å². The second-order valence-electron chi connectivity index (χ2n) is 3.56. The molecule has 7 nitrogen and oxygen atoms in total. The smallest absolute Gasteiger partial charge is 0.342 e. The highest BCUT2D eigenvalue weighted by Crippen LogP contribution is 2.11. The topological polar surface area (TPSA) is 99.9 Å². The Morgan fingerprint density at radius 2 is 2.00 bits per heavy atom. The quantitative estimate of drug-likeness (QED) is 0.711. The first kappa shape index (κ1) is 11.9. The van der Waals surface area contributed by atoms with Crippen LogP contribution in [0, 0.1) is 0 Å². The molecule has 18 heavy (non-hydrogen) atoms. The molecule has 2 aromatic rings. The second-order valence-corrected chi connectivity index (χ2v) is 3.56. The number of H-pyrrole nitrogens is 2. The Morgan fingerprint density at radius 3 is 2.61 bits per heavy atom. The molecule has 0 aliphatic carbocycles. The fourth-order valence-electron chi connectivity index (χ4n) is 1.40. The van der Waals surface area contributed by atoms with Gasteiger partial charge in [-0.15, -0.1) is 5.10 Å². The van der Waals surface area contributed by atoms with Gasteiger partial charge in [0, 0.05) is 6.54 Å². The molecule has 1 aromatic carbocycles. The third-order valence-corrected chi connectivity index (χ3v) is 2.33. The average molecular weight is 248 g/mol. The highest BCUT2D eigenvalue weighted by Gasteiger charge is 2.01. The Bertz CT molecular complexity index is 630. The van der Waals surface area contributed by atoms with E-state index in [1.807, 2.05) is 24.3 Å². The number of aromatic amines is 2. The number of hydrogen-bond donors (Lipinski definition) is 3. The molecule has 0 spiro atoms. The fourth-order valence-corrected chi connectivity index (χ4v) is 1.40. The number of aromatic nitrogens is 3. The number of methoxy groups -OCH3 is 1. The number of nitrogens with zero attached hydrogens (tertiary/aromatic N) is 1. The number of rotatable bonds is 4. The molecule has 0 radical (unpaired) electrons. The van der Waals surface area contributed by atoms with Crippen LogP contribution in [0.1, 0.15) is 5.56 Å². The van der Waals surface area contributed by atoms with Crippen LogP contribution in [0.3, 0.4) is 0 Å². The molecule has 0 fully saturated rings. The molecule has 0 amide bonds. The van der Waals surface area contributed by atoms with Gasteiger partial charge < -0.3 is 10.1 Å². The number of anilines is 1. The lowest BCUT2D eigenvalue weighted by Gasteiger charge is -2.05. The lowest BCUT2D eigenvalue weighted by Crippen LogP contribution is -2.26. The molecule has 2 rings (SSSR count). The summed E-state index contributed by atoms with van der Waals surface area (Å²) in [6.45, 7) is 0.423. The molecular formula is C11H12N4O3. The molecule has 94 valence electrons. The molecule has 0 saturated heterocycles. The summed E-state index contributed by atoms with van der Waals surface area (Å²) >= 11 is 0. The Labute approximate surface area is 102 Å². The first-order valence-electron chi connectivity index (χ1n) is 5.25. The monoisotopic (exact) mass is 248 g/mol. The normalized spacial score (nSPS) is 10.1. The maximum absolute atomic E-state index is 11.3. The van der Waals surface area contributed by atoms with Crippen LogP contribution < -0.4 is 21.3 Å². The fraction of sp³-hybridized carbons (Fsp3) is 0.182. The van der Waals surface area contributed by atoms with Crippen molar-refractivity contribution in [2.24, 2.45) is 0 Å². The van der Waals surface area contributed by atoms with E-state index in [0.717, 1.165) is 11.3 Å². The van der Waals surface area contributed by atoms with Crippen molar-refractivity contribution in [1.82, 2.24) is 15.2 Å². The Kier molecular flexibility index (Phi) is 3.42. The first-order chi connectivity index (χ1) is 8.69. The van der Waals surface area contributed by atoms with Crippen molar-refractivity contribution in [2.75, 3.05) is 12.4 Å². The minimum Gasteiger partial charge on any atom is -0.497 e. The summed E-state index contributed by atoms with van der Waals surface area (Å²) in [6, 6.07) is 7.38. The third-order valence-electron chi connectivity index (χ3n) is 2.33. The van der Waals surface area contributed by atoms with Crippen LogP contribution in [0.2, 0.25) is 0 Å². The van der Waals surface area contributed by atoms with Crippen molar-refractivity contribution in [3.05, 3.63) is 50.7 Å². The highest BCUT2D eigenvalue weighted by atomic mass is 16.5. The molecule has 0 atom stereocenters. The van der Waals surface area contributed by atoms with Gasteiger partial charge in [0.2, 0.25) is 5.82 Å². The van der Waals surface area contributed by atoms with Gasteiger partial charge in [-0.3, -0.25) is 9.78 Å². The average Bonchev–Trinajstić information content (AvgIpc) is 2.38. The van der Waals surface area contributed by atoms with Gasteiger partial charge in [-0.25, -0.2) is 9.89 Å². The molecule has 1 heterocycles. The van der Waals surface area contributed by atoms with Gasteiger partial charge in [-0.05, 0) is 17.7 Å². The molecule has 0 aliphatic rings. The van der Waals surface area contributed by atoms with E-state index in [-0.39, 0.29) is 5.82 Å². The van der Waals surface area contributed by atoms with Crippen molar-refractivity contribution < 1.29 is 4.74 Å². The molecule has 0 bridgehead atoms. The van der Waals surface area contributed by atoms with Crippen molar-refractivity contribution in [1.29, 1.82) is 0 Å². The summed E-state index contributed by atoms with van der Waals surface area (Å²) in [5, 5.41) is 8.59. The maximum Gasteiger partial charge on any atom is 0.342 e. The van der Waals surface area contributed by atoms with Gasteiger partial charge in [0.25, 0.3) is 5.56 Å². The largest absolute Gasteiger partial charge is 0.497 e. The van der Waals surface area contributed by atoms with Crippen molar-refractivity contribution in [3.8, 4) is 5.75 Å². The standard InChI is InChI=1S/C11H12N4O3/c1-18-8-4-2-7(3-5-8)6-12-9-10(16)13-11(17)15-14-9/h2-5H,6H2,1H3,(H,12,14)(H2,13,15,16,17). The molecule has 0 aliphatic heterocycles. The van der Waals surface area contributed by atoms with Crippen LogP contribution in [0.5, 0.6) is 5.75 Å². The van der Waals surface area contributed by atoms with E-state index in [1.54, 1.807) is 7.11 Å². The second kappa shape index (κ2) is 5.17. The van der Waals surface area contributed by atoms with E-state index in [4.69, 9.17) is 4.74 Å². The maximum atomic E-state index is 11.3. The molecule has 7 heteroatoms. The van der Waals surface area contributed by atoms with Crippen LogP contribution in [0.25, 0.3) is 0 Å². The van der Waals surface area contributed by atoms with E-state index in [2.05, 4.69) is 20.5 Å². The SMILES string of the molecule is COc1ccc(CNc2n[nH]c(=O)[nH]c2=O)cc1. The summed E-state index contributed by atoms with van der Waals surface area (Å²) < 4.78 is 5.04. The number of hydrogen-bond acceptors (Lipinski definition) is 5. The molecular weight excluding hydrogens is 236 g/mol. The number of nitrogens with one attached hydrogen (secondary N) is 3. The van der Waals surface area contributed by atoms with Gasteiger partial charge in [0.15, 0.2) is 0 Å². The van der Waals surface area contributed by atoms with Gasteiger partial charge >= 0.3 is 5.69 Å². The zero-order valence-electron chi connectivity index (χ0n) is 9.69. The van der Waals surface area contributed by atoms with Gasteiger partial charge in [-0.1, -0.05) is 12.1 Å². The van der Waals surface area contributed by atoms with Crippen molar-refractivity contribution in [2.45, 2.75) is 6.54 Å². The Balaban J connectivity index is 2.06. The summed E-state index contributed by atoms with van der Waals surface area (Å²) in [4.78, 5) is 24.2. The predicted octanol–water partition coefficient (Wildman–Crippen LogP) is 0.0789. The number of ether oxygens (including phenoxy) is 1. The van der Waals surface area contributed by atoms with E-state index in [0.29, 0.717) is 6.54 Å². The van der Waals surface area contributed by atoms with E-state index < -0.39 is 11.2 Å². The number of benzene rings is 1. The molecule has 0 saturated carbocycles. The summed E-state index contributed by atoms with van der Waals surface area (Å²) in [6.07, 6.45) is 0. The predicted molar refractivity (Wildman–Crippen MR) is 65.8 cm³/mol. The van der Waals surface area contributed by atoms with E-state index >= 15 is 0 Å². The summed E-state index contributed by atoms with van der Waals surface area (Å²) in [7, 11) is 1.59. The highest BCUT2D eigenvalue weighted by molar-refractivity contribution is 5.33. The van der Waals surface area contributed by atoms with Crippen LogP contribution in [0.4, 0.5) is 5.82 Å². The lowest BCUT2D eigenvalue weighted by molar-refractivity contribution is 0.414. The van der Waals surface area contributed by atoms with Crippen molar-refractivity contribution in [3.63, 3.8) is 0 Å². The minimum absolute atomic E-state index is 0.0745. The van der Waals surface area contributed by atoms with E-state index in [1.165, 1.54) is 0 Å². The van der Waals surface area contributed by atoms with Crippen molar-refractivity contribution >= 4 is 5.82 Å².